The summed E-state index contributed by atoms with van der Waals surface area (Å²) in [6.07, 6.45) is -4.28. The standard InChI is InChI=1S/C19H13ClF3N3O2/c20-14-5-1-11(2-6-14)17-24-18(28-25-17)12-9-16(27)26(10-12)15-7-3-13(4-8-15)19(21,22)23/h1-8,12H,9-10H2. The highest BCUT2D eigenvalue weighted by Gasteiger charge is 2.36. The molecule has 0 aliphatic carbocycles. The molecule has 1 aromatic heterocycles. The van der Waals surface area contributed by atoms with Crippen LogP contribution in [0.25, 0.3) is 11.4 Å². The van der Waals surface area contributed by atoms with Crippen LogP contribution in [0.5, 0.6) is 0 Å². The van der Waals surface area contributed by atoms with E-state index in [0.29, 0.717) is 22.4 Å². The summed E-state index contributed by atoms with van der Waals surface area (Å²) in [6.45, 7) is 0.256. The Morgan fingerprint density at radius 1 is 1.07 bits per heavy atom. The number of rotatable bonds is 3. The summed E-state index contributed by atoms with van der Waals surface area (Å²) in [5.74, 6) is 0.152. The van der Waals surface area contributed by atoms with Crippen molar-refractivity contribution in [3.63, 3.8) is 0 Å². The van der Waals surface area contributed by atoms with Crippen molar-refractivity contribution in [1.29, 1.82) is 0 Å². The lowest BCUT2D eigenvalue weighted by atomic mass is 10.1. The molecule has 1 aliphatic rings. The van der Waals surface area contributed by atoms with Gasteiger partial charge in [-0.05, 0) is 48.5 Å². The fourth-order valence-corrected chi connectivity index (χ4v) is 3.20. The highest BCUT2D eigenvalue weighted by Crippen LogP contribution is 2.34. The Bertz CT molecular complexity index is 1000. The van der Waals surface area contributed by atoms with Gasteiger partial charge in [0.25, 0.3) is 0 Å². The molecule has 1 amide bonds. The van der Waals surface area contributed by atoms with Crippen LogP contribution in [0.1, 0.15) is 23.8 Å². The molecule has 2 heterocycles. The second-order valence-corrected chi connectivity index (χ2v) is 6.85. The molecule has 0 saturated carbocycles. The van der Waals surface area contributed by atoms with Gasteiger partial charge in [-0.15, -0.1) is 0 Å². The zero-order valence-electron chi connectivity index (χ0n) is 14.3. The molecule has 0 N–H and O–H groups in total. The summed E-state index contributed by atoms with van der Waals surface area (Å²) < 4.78 is 43.4. The van der Waals surface area contributed by atoms with Crippen molar-refractivity contribution in [2.75, 3.05) is 11.4 Å². The second-order valence-electron chi connectivity index (χ2n) is 6.41. The van der Waals surface area contributed by atoms with Crippen molar-refractivity contribution in [2.45, 2.75) is 18.5 Å². The lowest BCUT2D eigenvalue weighted by molar-refractivity contribution is -0.137. The predicted molar refractivity (Wildman–Crippen MR) is 95.9 cm³/mol. The van der Waals surface area contributed by atoms with Crippen LogP contribution in [0.2, 0.25) is 5.02 Å². The van der Waals surface area contributed by atoms with E-state index in [0.717, 1.165) is 17.7 Å². The number of carbonyl (C=O) groups excluding carboxylic acids is 1. The average Bonchev–Trinajstić information content (AvgIpc) is 3.29. The molecule has 1 atom stereocenters. The van der Waals surface area contributed by atoms with E-state index in [1.165, 1.54) is 17.0 Å². The Kier molecular flexibility index (Phi) is 4.58. The number of alkyl halides is 3. The van der Waals surface area contributed by atoms with Gasteiger partial charge in [-0.25, -0.2) is 0 Å². The van der Waals surface area contributed by atoms with Gasteiger partial charge in [0.05, 0.1) is 11.5 Å². The van der Waals surface area contributed by atoms with Crippen molar-refractivity contribution in [3.8, 4) is 11.4 Å². The molecule has 1 saturated heterocycles. The van der Waals surface area contributed by atoms with E-state index < -0.39 is 11.7 Å². The molecule has 0 spiro atoms. The third-order valence-electron chi connectivity index (χ3n) is 4.52. The average molecular weight is 408 g/mol. The first kappa shape index (κ1) is 18.5. The minimum absolute atomic E-state index is 0.142. The van der Waals surface area contributed by atoms with Gasteiger partial charge < -0.3 is 9.42 Å². The third-order valence-corrected chi connectivity index (χ3v) is 4.78. The number of nitrogens with zero attached hydrogens (tertiary/aromatic N) is 3. The number of hydrogen-bond acceptors (Lipinski definition) is 4. The van der Waals surface area contributed by atoms with Crippen LogP contribution < -0.4 is 4.90 Å². The molecule has 4 rings (SSSR count). The van der Waals surface area contributed by atoms with E-state index in [1.54, 1.807) is 24.3 Å². The van der Waals surface area contributed by atoms with Crippen LogP contribution in [-0.4, -0.2) is 22.6 Å². The first-order valence-electron chi connectivity index (χ1n) is 8.38. The lowest BCUT2D eigenvalue weighted by Gasteiger charge is -2.17. The van der Waals surface area contributed by atoms with Crippen LogP contribution >= 0.6 is 11.6 Å². The van der Waals surface area contributed by atoms with Crippen molar-refractivity contribution in [3.05, 3.63) is 65.0 Å². The molecule has 0 bridgehead atoms. The predicted octanol–water partition coefficient (Wildman–Crippen LogP) is 4.93. The molecule has 1 aliphatic heterocycles. The molecule has 5 nitrogen and oxygen atoms in total. The minimum atomic E-state index is -4.42. The minimum Gasteiger partial charge on any atom is -0.339 e. The fourth-order valence-electron chi connectivity index (χ4n) is 3.07. The van der Waals surface area contributed by atoms with Gasteiger partial charge in [0, 0.05) is 29.2 Å². The number of anilines is 1. The summed E-state index contributed by atoms with van der Waals surface area (Å²) in [6, 6.07) is 11.4. The number of carbonyl (C=O) groups is 1. The van der Waals surface area contributed by atoms with Crippen LogP contribution in [0, 0.1) is 0 Å². The second kappa shape index (κ2) is 6.94. The van der Waals surface area contributed by atoms with Crippen LogP contribution in [0.4, 0.5) is 18.9 Å². The SMILES string of the molecule is O=C1CC(c2nc(-c3ccc(Cl)cc3)no2)CN1c1ccc(C(F)(F)F)cc1. The van der Waals surface area contributed by atoms with E-state index in [9.17, 15) is 18.0 Å². The van der Waals surface area contributed by atoms with E-state index in [1.807, 2.05) is 0 Å². The number of benzene rings is 2. The third kappa shape index (κ3) is 3.60. The van der Waals surface area contributed by atoms with Crippen molar-refractivity contribution >= 4 is 23.2 Å². The molecule has 1 fully saturated rings. The van der Waals surface area contributed by atoms with Crippen molar-refractivity contribution in [2.24, 2.45) is 0 Å². The van der Waals surface area contributed by atoms with Gasteiger partial charge in [0.2, 0.25) is 17.6 Å². The Hall–Kier alpha value is -2.87. The van der Waals surface area contributed by atoms with Gasteiger partial charge in [0.15, 0.2) is 0 Å². The number of hydrogen-bond donors (Lipinski definition) is 0. The summed E-state index contributed by atoms with van der Waals surface area (Å²) in [4.78, 5) is 18.1. The zero-order valence-corrected chi connectivity index (χ0v) is 15.0. The summed E-state index contributed by atoms with van der Waals surface area (Å²) in [5.41, 5.74) is 0.366. The number of amides is 1. The van der Waals surface area contributed by atoms with Crippen molar-refractivity contribution < 1.29 is 22.5 Å². The number of aromatic nitrogens is 2. The van der Waals surface area contributed by atoms with Gasteiger partial charge in [-0.1, -0.05) is 16.8 Å². The Labute approximate surface area is 162 Å². The Morgan fingerprint density at radius 3 is 2.39 bits per heavy atom. The molecular weight excluding hydrogens is 395 g/mol. The van der Waals surface area contributed by atoms with Crippen LogP contribution in [-0.2, 0) is 11.0 Å². The first-order valence-corrected chi connectivity index (χ1v) is 8.76. The molecule has 2 aromatic carbocycles. The first-order chi connectivity index (χ1) is 13.3. The Balaban J connectivity index is 1.51. The van der Waals surface area contributed by atoms with E-state index >= 15 is 0 Å². The summed E-state index contributed by atoms with van der Waals surface area (Å²) >= 11 is 5.86. The molecule has 28 heavy (non-hydrogen) atoms. The van der Waals surface area contributed by atoms with E-state index in [2.05, 4.69) is 10.1 Å². The zero-order chi connectivity index (χ0) is 19.9. The van der Waals surface area contributed by atoms with E-state index in [-0.39, 0.29) is 24.8 Å². The largest absolute Gasteiger partial charge is 0.416 e. The Morgan fingerprint density at radius 2 is 1.75 bits per heavy atom. The highest BCUT2D eigenvalue weighted by atomic mass is 35.5. The molecule has 3 aromatic rings. The molecule has 1 unspecified atom stereocenters. The normalized spacial score (nSPS) is 17.4. The van der Waals surface area contributed by atoms with Gasteiger partial charge in [-0.3, -0.25) is 4.79 Å². The van der Waals surface area contributed by atoms with E-state index in [4.69, 9.17) is 16.1 Å². The van der Waals surface area contributed by atoms with Crippen molar-refractivity contribution in [1.82, 2.24) is 10.1 Å². The fraction of sp³-hybridized carbons (Fsp3) is 0.211. The van der Waals surface area contributed by atoms with Gasteiger partial charge in [0.1, 0.15) is 0 Å². The summed E-state index contributed by atoms with van der Waals surface area (Å²) in [5, 5.41) is 4.52. The molecule has 144 valence electrons. The number of halogens is 4. The molecule has 9 heteroatoms. The monoisotopic (exact) mass is 407 g/mol. The van der Waals surface area contributed by atoms with Gasteiger partial charge in [-0.2, -0.15) is 18.2 Å². The summed E-state index contributed by atoms with van der Waals surface area (Å²) in [7, 11) is 0. The smallest absolute Gasteiger partial charge is 0.339 e. The molecule has 0 radical (unpaired) electrons. The lowest BCUT2D eigenvalue weighted by Crippen LogP contribution is -2.24. The van der Waals surface area contributed by atoms with Crippen LogP contribution in [0.15, 0.2) is 53.1 Å². The quantitative estimate of drug-likeness (QED) is 0.617. The van der Waals surface area contributed by atoms with Gasteiger partial charge >= 0.3 is 6.18 Å². The topological polar surface area (TPSA) is 59.2 Å². The molecular formula is C19H13ClF3N3O2. The maximum Gasteiger partial charge on any atom is 0.416 e. The maximum atomic E-state index is 12.7. The highest BCUT2D eigenvalue weighted by molar-refractivity contribution is 6.30. The maximum absolute atomic E-state index is 12.7. The van der Waals surface area contributed by atoms with Crippen LogP contribution in [0.3, 0.4) is 0 Å².